The molecule has 0 saturated heterocycles. The number of methoxy groups -OCH3 is 2. The first-order chi connectivity index (χ1) is 11.7. The van der Waals surface area contributed by atoms with Crippen molar-refractivity contribution in [2.24, 2.45) is 0 Å². The van der Waals surface area contributed by atoms with Crippen LogP contribution in [0.1, 0.15) is 12.5 Å². The molecule has 0 aliphatic heterocycles. The van der Waals surface area contributed by atoms with Crippen molar-refractivity contribution in [3.8, 4) is 17.2 Å². The highest BCUT2D eigenvalue weighted by Crippen LogP contribution is 2.28. The maximum absolute atomic E-state index is 5.50. The van der Waals surface area contributed by atoms with E-state index in [-0.39, 0.29) is 0 Å². The van der Waals surface area contributed by atoms with Gasteiger partial charge in [-0.2, -0.15) is 0 Å². The SMILES string of the molecule is CCOc1cccc(CNC(=S)Nc2ccc(OC)cc2OC)c1. The van der Waals surface area contributed by atoms with E-state index in [0.717, 1.165) is 22.7 Å². The minimum absolute atomic E-state index is 0.514. The highest BCUT2D eigenvalue weighted by atomic mass is 32.1. The Kier molecular flexibility index (Phi) is 6.69. The summed E-state index contributed by atoms with van der Waals surface area (Å²) in [5, 5.41) is 6.82. The molecule has 0 saturated carbocycles. The molecule has 0 unspecified atom stereocenters. The van der Waals surface area contributed by atoms with Gasteiger partial charge in [0, 0.05) is 12.6 Å². The number of ether oxygens (including phenoxy) is 3. The summed E-state index contributed by atoms with van der Waals surface area (Å²) in [6.45, 7) is 3.21. The molecule has 0 amide bonds. The number of nitrogens with one attached hydrogen (secondary N) is 2. The number of hydrogen-bond acceptors (Lipinski definition) is 4. The second-order valence-electron chi connectivity index (χ2n) is 4.95. The van der Waals surface area contributed by atoms with Crippen LogP contribution in [0.2, 0.25) is 0 Å². The van der Waals surface area contributed by atoms with Gasteiger partial charge in [-0.05, 0) is 49.0 Å². The lowest BCUT2D eigenvalue weighted by Gasteiger charge is -2.14. The van der Waals surface area contributed by atoms with Crippen molar-refractivity contribution < 1.29 is 14.2 Å². The molecule has 0 radical (unpaired) electrons. The van der Waals surface area contributed by atoms with Crippen LogP contribution in [-0.2, 0) is 6.54 Å². The molecular formula is C18H22N2O3S. The van der Waals surface area contributed by atoms with Crippen molar-refractivity contribution in [3.05, 3.63) is 48.0 Å². The average molecular weight is 346 g/mol. The highest BCUT2D eigenvalue weighted by Gasteiger charge is 2.07. The van der Waals surface area contributed by atoms with E-state index >= 15 is 0 Å². The summed E-state index contributed by atoms with van der Waals surface area (Å²) in [4.78, 5) is 0. The molecule has 0 heterocycles. The number of rotatable bonds is 7. The summed E-state index contributed by atoms with van der Waals surface area (Å²) in [5.41, 5.74) is 1.87. The van der Waals surface area contributed by atoms with E-state index in [1.165, 1.54) is 0 Å². The van der Waals surface area contributed by atoms with Gasteiger partial charge in [-0.3, -0.25) is 0 Å². The zero-order chi connectivity index (χ0) is 17.4. The Balaban J connectivity index is 1.95. The molecule has 2 rings (SSSR count). The highest BCUT2D eigenvalue weighted by molar-refractivity contribution is 7.80. The van der Waals surface area contributed by atoms with Crippen LogP contribution in [0, 0.1) is 0 Å². The van der Waals surface area contributed by atoms with E-state index in [4.69, 9.17) is 26.4 Å². The molecule has 2 aromatic carbocycles. The van der Waals surface area contributed by atoms with Gasteiger partial charge in [0.15, 0.2) is 5.11 Å². The zero-order valence-electron chi connectivity index (χ0n) is 14.1. The van der Waals surface area contributed by atoms with Gasteiger partial charge in [-0.15, -0.1) is 0 Å². The molecule has 128 valence electrons. The van der Waals surface area contributed by atoms with E-state index in [1.54, 1.807) is 20.3 Å². The zero-order valence-corrected chi connectivity index (χ0v) is 14.9. The second kappa shape index (κ2) is 8.98. The lowest BCUT2D eigenvalue weighted by Crippen LogP contribution is -2.28. The van der Waals surface area contributed by atoms with Crippen molar-refractivity contribution in [2.45, 2.75) is 13.5 Å². The van der Waals surface area contributed by atoms with E-state index in [0.29, 0.717) is 24.0 Å². The predicted molar refractivity (Wildman–Crippen MR) is 100 cm³/mol. The normalized spacial score (nSPS) is 9.96. The fourth-order valence-electron chi connectivity index (χ4n) is 2.16. The van der Waals surface area contributed by atoms with Crippen molar-refractivity contribution in [1.82, 2.24) is 5.32 Å². The third kappa shape index (κ3) is 5.03. The fourth-order valence-corrected chi connectivity index (χ4v) is 2.34. The Morgan fingerprint density at radius 3 is 2.58 bits per heavy atom. The molecule has 0 atom stereocenters. The maximum atomic E-state index is 5.50. The standard InChI is InChI=1S/C18H22N2O3S/c1-4-23-15-7-5-6-13(10-15)12-19-18(24)20-16-9-8-14(21-2)11-17(16)22-3/h5-11H,4,12H2,1-3H3,(H2,19,20,24). The first kappa shape index (κ1) is 17.9. The van der Waals surface area contributed by atoms with E-state index in [2.05, 4.69) is 10.6 Å². The van der Waals surface area contributed by atoms with E-state index < -0.39 is 0 Å². The third-order valence-electron chi connectivity index (χ3n) is 3.32. The Hall–Kier alpha value is -2.47. The number of hydrogen-bond donors (Lipinski definition) is 2. The van der Waals surface area contributed by atoms with Gasteiger partial charge in [0.1, 0.15) is 17.2 Å². The van der Waals surface area contributed by atoms with Crippen molar-refractivity contribution in [2.75, 3.05) is 26.1 Å². The topological polar surface area (TPSA) is 51.8 Å². The number of anilines is 1. The third-order valence-corrected chi connectivity index (χ3v) is 3.57. The molecule has 0 aliphatic rings. The molecule has 0 aromatic heterocycles. The van der Waals surface area contributed by atoms with Gasteiger partial charge < -0.3 is 24.8 Å². The average Bonchev–Trinajstić information content (AvgIpc) is 2.61. The van der Waals surface area contributed by atoms with E-state index in [9.17, 15) is 0 Å². The van der Waals surface area contributed by atoms with Gasteiger partial charge in [0.2, 0.25) is 0 Å². The monoisotopic (exact) mass is 346 g/mol. The summed E-state index contributed by atoms with van der Waals surface area (Å²) in [7, 11) is 3.22. The van der Waals surface area contributed by atoms with Crippen molar-refractivity contribution >= 4 is 23.0 Å². The van der Waals surface area contributed by atoms with Crippen LogP contribution in [-0.4, -0.2) is 25.9 Å². The van der Waals surface area contributed by atoms with Crippen LogP contribution in [0.3, 0.4) is 0 Å². The molecule has 0 fully saturated rings. The van der Waals surface area contributed by atoms with Gasteiger partial charge in [-0.1, -0.05) is 12.1 Å². The van der Waals surface area contributed by atoms with Gasteiger partial charge in [-0.25, -0.2) is 0 Å². The molecule has 6 heteroatoms. The smallest absolute Gasteiger partial charge is 0.171 e. The molecule has 24 heavy (non-hydrogen) atoms. The van der Waals surface area contributed by atoms with Crippen LogP contribution in [0.5, 0.6) is 17.2 Å². The van der Waals surface area contributed by atoms with Crippen LogP contribution < -0.4 is 24.8 Å². The van der Waals surface area contributed by atoms with E-state index in [1.807, 2.05) is 43.3 Å². The lowest BCUT2D eigenvalue weighted by atomic mass is 10.2. The summed E-state index contributed by atoms with van der Waals surface area (Å²) < 4.78 is 16.0. The molecule has 5 nitrogen and oxygen atoms in total. The Morgan fingerprint density at radius 2 is 1.88 bits per heavy atom. The first-order valence-corrected chi connectivity index (χ1v) is 8.05. The minimum Gasteiger partial charge on any atom is -0.497 e. The van der Waals surface area contributed by atoms with Crippen LogP contribution >= 0.6 is 12.2 Å². The van der Waals surface area contributed by atoms with Crippen molar-refractivity contribution in [3.63, 3.8) is 0 Å². The molecule has 2 N–H and O–H groups in total. The van der Waals surface area contributed by atoms with Crippen LogP contribution in [0.15, 0.2) is 42.5 Å². The molecule has 0 aliphatic carbocycles. The Morgan fingerprint density at radius 1 is 1.04 bits per heavy atom. The van der Waals surface area contributed by atoms with Gasteiger partial charge >= 0.3 is 0 Å². The van der Waals surface area contributed by atoms with Gasteiger partial charge in [0.05, 0.1) is 26.5 Å². The molecular weight excluding hydrogens is 324 g/mol. The lowest BCUT2D eigenvalue weighted by molar-refractivity contribution is 0.340. The molecule has 2 aromatic rings. The first-order valence-electron chi connectivity index (χ1n) is 7.65. The summed E-state index contributed by atoms with van der Waals surface area (Å²) >= 11 is 5.35. The predicted octanol–water partition coefficient (Wildman–Crippen LogP) is 3.59. The Labute approximate surface area is 147 Å². The van der Waals surface area contributed by atoms with Crippen LogP contribution in [0.4, 0.5) is 5.69 Å². The van der Waals surface area contributed by atoms with Crippen LogP contribution in [0.25, 0.3) is 0 Å². The van der Waals surface area contributed by atoms with Gasteiger partial charge in [0.25, 0.3) is 0 Å². The molecule has 0 spiro atoms. The minimum atomic E-state index is 0.514. The summed E-state index contributed by atoms with van der Waals surface area (Å²) in [6, 6.07) is 13.4. The number of thiocarbonyl (C=S) groups is 1. The molecule has 0 bridgehead atoms. The van der Waals surface area contributed by atoms with Crippen molar-refractivity contribution in [1.29, 1.82) is 0 Å². The maximum Gasteiger partial charge on any atom is 0.171 e. The quantitative estimate of drug-likeness (QED) is 0.747. The summed E-state index contributed by atoms with van der Waals surface area (Å²) in [5.74, 6) is 2.24. The number of benzene rings is 2. The summed E-state index contributed by atoms with van der Waals surface area (Å²) in [6.07, 6.45) is 0. The largest absolute Gasteiger partial charge is 0.497 e. The fraction of sp³-hybridized carbons (Fsp3) is 0.278. The Bertz CT molecular complexity index is 692. The second-order valence-corrected chi connectivity index (χ2v) is 5.36.